The van der Waals surface area contributed by atoms with Crippen LogP contribution in [0.15, 0.2) is 40.9 Å². The number of nitrogens with zero attached hydrogens (tertiary/aromatic N) is 1. The number of carbonyl (C=O) groups is 1. The maximum absolute atomic E-state index is 12.1. The van der Waals surface area contributed by atoms with Crippen LogP contribution < -0.4 is 5.32 Å². The van der Waals surface area contributed by atoms with Gasteiger partial charge in [-0.2, -0.15) is 0 Å². The van der Waals surface area contributed by atoms with Crippen molar-refractivity contribution in [1.82, 2.24) is 10.5 Å². The van der Waals surface area contributed by atoms with Crippen molar-refractivity contribution < 1.29 is 9.32 Å². The Morgan fingerprint density at radius 2 is 2.19 bits per heavy atom. The Balaban J connectivity index is 1.69. The van der Waals surface area contributed by atoms with Crippen molar-refractivity contribution in [3.63, 3.8) is 0 Å². The molecule has 4 nitrogen and oxygen atoms in total. The summed E-state index contributed by atoms with van der Waals surface area (Å²) in [6.07, 6.45) is 0.195. The van der Waals surface area contributed by atoms with E-state index in [1.54, 1.807) is 0 Å². The molecule has 6 heteroatoms. The van der Waals surface area contributed by atoms with E-state index in [4.69, 9.17) is 16.1 Å². The summed E-state index contributed by atoms with van der Waals surface area (Å²) in [6.45, 7) is 1.93. The zero-order valence-electron chi connectivity index (χ0n) is 11.3. The summed E-state index contributed by atoms with van der Waals surface area (Å²) in [5.74, 6) is -0.0916. The molecule has 1 N–H and O–H groups in total. The quantitative estimate of drug-likeness (QED) is 0.791. The van der Waals surface area contributed by atoms with Crippen LogP contribution in [0.5, 0.6) is 0 Å². The molecular weight excluding hydrogens is 308 g/mol. The van der Waals surface area contributed by atoms with Crippen LogP contribution >= 0.6 is 22.9 Å². The highest BCUT2D eigenvalue weighted by Crippen LogP contribution is 2.26. The van der Waals surface area contributed by atoms with E-state index in [0.29, 0.717) is 15.6 Å². The second-order valence-electron chi connectivity index (χ2n) is 4.73. The van der Waals surface area contributed by atoms with Gasteiger partial charge in [0.1, 0.15) is 5.69 Å². The smallest absolute Gasteiger partial charge is 0.226 e. The molecule has 0 radical (unpaired) electrons. The van der Waals surface area contributed by atoms with Gasteiger partial charge in [0.05, 0.1) is 16.8 Å². The van der Waals surface area contributed by atoms with E-state index in [2.05, 4.69) is 10.5 Å². The Bertz CT molecular complexity index is 781. The minimum absolute atomic E-state index is 0.0758. The number of thiophene rings is 1. The van der Waals surface area contributed by atoms with Crippen molar-refractivity contribution in [3.05, 3.63) is 51.3 Å². The minimum Gasteiger partial charge on any atom is -0.356 e. The molecular formula is C15H13ClN2O2S. The lowest BCUT2D eigenvalue weighted by Gasteiger charge is -2.11. The SMILES string of the molecule is C[C@@H](NC(=O)Cc1noc2ccccc12)c1ccc(Cl)s1. The van der Waals surface area contributed by atoms with Gasteiger partial charge < -0.3 is 9.84 Å². The van der Waals surface area contributed by atoms with Crippen molar-refractivity contribution in [1.29, 1.82) is 0 Å². The number of rotatable bonds is 4. The largest absolute Gasteiger partial charge is 0.356 e. The zero-order chi connectivity index (χ0) is 14.8. The van der Waals surface area contributed by atoms with Crippen molar-refractivity contribution in [2.24, 2.45) is 0 Å². The monoisotopic (exact) mass is 320 g/mol. The summed E-state index contributed by atoms with van der Waals surface area (Å²) in [6, 6.07) is 11.2. The summed E-state index contributed by atoms with van der Waals surface area (Å²) < 4.78 is 5.91. The molecule has 0 aliphatic carbocycles. The average molecular weight is 321 g/mol. The third kappa shape index (κ3) is 3.09. The molecule has 108 valence electrons. The van der Waals surface area contributed by atoms with Gasteiger partial charge in [-0.1, -0.05) is 28.9 Å². The Morgan fingerprint density at radius 1 is 1.38 bits per heavy atom. The molecule has 0 fully saturated rings. The molecule has 1 amide bonds. The summed E-state index contributed by atoms with van der Waals surface area (Å²) in [5, 5.41) is 7.78. The highest BCUT2D eigenvalue weighted by molar-refractivity contribution is 7.16. The molecule has 0 saturated heterocycles. The molecule has 2 aromatic heterocycles. The van der Waals surface area contributed by atoms with Crippen LogP contribution in [0, 0.1) is 0 Å². The molecule has 0 unspecified atom stereocenters. The first kappa shape index (κ1) is 14.1. The fourth-order valence-electron chi connectivity index (χ4n) is 2.14. The summed E-state index contributed by atoms with van der Waals surface area (Å²) >= 11 is 7.37. The summed E-state index contributed by atoms with van der Waals surface area (Å²) in [5.41, 5.74) is 1.35. The number of carbonyl (C=O) groups excluding carboxylic acids is 1. The van der Waals surface area contributed by atoms with E-state index in [-0.39, 0.29) is 18.4 Å². The van der Waals surface area contributed by atoms with Crippen molar-refractivity contribution in [2.75, 3.05) is 0 Å². The van der Waals surface area contributed by atoms with Gasteiger partial charge in [-0.25, -0.2) is 0 Å². The van der Waals surface area contributed by atoms with Gasteiger partial charge in [0.15, 0.2) is 5.58 Å². The van der Waals surface area contributed by atoms with Gasteiger partial charge in [0, 0.05) is 10.3 Å². The molecule has 0 saturated carbocycles. The Morgan fingerprint density at radius 3 is 2.95 bits per heavy atom. The Kier molecular flexibility index (Phi) is 3.94. The second-order valence-corrected chi connectivity index (χ2v) is 6.48. The fraction of sp³-hybridized carbons (Fsp3) is 0.200. The van der Waals surface area contributed by atoms with Gasteiger partial charge >= 0.3 is 0 Å². The average Bonchev–Trinajstić information content (AvgIpc) is 3.06. The van der Waals surface area contributed by atoms with E-state index in [9.17, 15) is 4.79 Å². The van der Waals surface area contributed by atoms with E-state index in [1.807, 2.05) is 43.3 Å². The maximum atomic E-state index is 12.1. The number of hydrogen-bond donors (Lipinski definition) is 1. The number of hydrogen-bond acceptors (Lipinski definition) is 4. The third-order valence-corrected chi connectivity index (χ3v) is 4.59. The lowest BCUT2D eigenvalue weighted by Crippen LogP contribution is -2.27. The molecule has 3 aromatic rings. The Labute approximate surface area is 130 Å². The van der Waals surface area contributed by atoms with E-state index < -0.39 is 0 Å². The predicted molar refractivity (Wildman–Crippen MR) is 83.6 cm³/mol. The lowest BCUT2D eigenvalue weighted by molar-refractivity contribution is -0.121. The van der Waals surface area contributed by atoms with Gasteiger partial charge in [0.25, 0.3) is 0 Å². The number of aromatic nitrogens is 1. The summed E-state index contributed by atoms with van der Waals surface area (Å²) in [7, 11) is 0. The number of halogens is 1. The minimum atomic E-state index is -0.0916. The molecule has 2 heterocycles. The molecule has 1 aromatic carbocycles. The van der Waals surface area contributed by atoms with E-state index >= 15 is 0 Å². The van der Waals surface area contributed by atoms with Crippen LogP contribution in [0.2, 0.25) is 4.34 Å². The highest BCUT2D eigenvalue weighted by atomic mass is 35.5. The van der Waals surface area contributed by atoms with Gasteiger partial charge in [-0.3, -0.25) is 4.79 Å². The van der Waals surface area contributed by atoms with E-state index in [0.717, 1.165) is 10.3 Å². The molecule has 0 aliphatic heterocycles. The van der Waals surface area contributed by atoms with Crippen LogP contribution in [0.25, 0.3) is 11.0 Å². The van der Waals surface area contributed by atoms with Gasteiger partial charge in [0.2, 0.25) is 5.91 Å². The van der Waals surface area contributed by atoms with Crippen molar-refractivity contribution in [3.8, 4) is 0 Å². The molecule has 0 bridgehead atoms. The first-order chi connectivity index (χ1) is 10.1. The number of nitrogens with one attached hydrogen (secondary N) is 1. The maximum Gasteiger partial charge on any atom is 0.226 e. The molecule has 0 aliphatic rings. The lowest BCUT2D eigenvalue weighted by atomic mass is 10.1. The van der Waals surface area contributed by atoms with E-state index in [1.165, 1.54) is 11.3 Å². The highest BCUT2D eigenvalue weighted by Gasteiger charge is 2.15. The zero-order valence-corrected chi connectivity index (χ0v) is 12.9. The van der Waals surface area contributed by atoms with Gasteiger partial charge in [-0.15, -0.1) is 11.3 Å². The van der Waals surface area contributed by atoms with Crippen LogP contribution in [0.4, 0.5) is 0 Å². The normalized spacial score (nSPS) is 12.5. The predicted octanol–water partition coefficient (Wildman–Crippen LogP) is 3.96. The first-order valence-corrected chi connectivity index (χ1v) is 7.71. The molecule has 3 rings (SSSR count). The van der Waals surface area contributed by atoms with Crippen LogP contribution in [0.3, 0.4) is 0 Å². The Hall–Kier alpha value is -1.85. The molecule has 1 atom stereocenters. The summed E-state index contributed by atoms with van der Waals surface area (Å²) in [4.78, 5) is 13.1. The van der Waals surface area contributed by atoms with Crippen molar-refractivity contribution >= 4 is 39.8 Å². The number of para-hydroxylation sites is 1. The van der Waals surface area contributed by atoms with Crippen LogP contribution in [0.1, 0.15) is 23.5 Å². The molecule has 21 heavy (non-hydrogen) atoms. The number of fused-ring (bicyclic) bond motifs is 1. The van der Waals surface area contributed by atoms with Crippen LogP contribution in [-0.4, -0.2) is 11.1 Å². The van der Waals surface area contributed by atoms with Crippen LogP contribution in [-0.2, 0) is 11.2 Å². The number of amides is 1. The molecule has 0 spiro atoms. The second kappa shape index (κ2) is 5.87. The van der Waals surface area contributed by atoms with Gasteiger partial charge in [-0.05, 0) is 31.2 Å². The standard InChI is InChI=1S/C15H13ClN2O2S/c1-9(13-6-7-14(16)21-13)17-15(19)8-11-10-4-2-3-5-12(10)20-18-11/h2-7,9H,8H2,1H3,(H,17,19)/t9-/m1/s1. The third-order valence-electron chi connectivity index (χ3n) is 3.18. The van der Waals surface area contributed by atoms with Crippen molar-refractivity contribution in [2.45, 2.75) is 19.4 Å². The first-order valence-electron chi connectivity index (χ1n) is 6.51. The topological polar surface area (TPSA) is 55.1 Å². The number of benzene rings is 1. The fourth-order valence-corrected chi connectivity index (χ4v) is 3.21.